The Morgan fingerprint density at radius 1 is 1.37 bits per heavy atom. The van der Waals surface area contributed by atoms with E-state index in [-0.39, 0.29) is 6.10 Å². The van der Waals surface area contributed by atoms with E-state index in [1.165, 1.54) is 31.3 Å². The third-order valence-corrected chi connectivity index (χ3v) is 3.95. The van der Waals surface area contributed by atoms with Crippen molar-refractivity contribution in [2.45, 2.75) is 58.6 Å². The van der Waals surface area contributed by atoms with Crippen LogP contribution < -0.4 is 5.32 Å². The van der Waals surface area contributed by atoms with Gasteiger partial charge < -0.3 is 10.1 Å². The van der Waals surface area contributed by atoms with Crippen LogP contribution in [0.15, 0.2) is 23.8 Å². The molecule has 19 heavy (non-hydrogen) atoms. The average Bonchev–Trinajstić information content (AvgIpc) is 2.40. The molecule has 1 fully saturated rings. The molecule has 1 N–H and O–H groups in total. The second kappa shape index (κ2) is 7.25. The molecule has 108 valence electrons. The maximum Gasteiger partial charge on any atom is 0.0974 e. The van der Waals surface area contributed by atoms with Crippen molar-refractivity contribution < 1.29 is 4.74 Å². The second-order valence-electron chi connectivity index (χ2n) is 6.49. The molecule has 0 radical (unpaired) electrons. The summed E-state index contributed by atoms with van der Waals surface area (Å²) in [6.07, 6.45) is 12.3. The first-order valence-corrected chi connectivity index (χ1v) is 7.90. The summed E-state index contributed by atoms with van der Waals surface area (Å²) in [6, 6.07) is 0.494. The van der Waals surface area contributed by atoms with E-state index in [0.29, 0.717) is 17.9 Å². The van der Waals surface area contributed by atoms with E-state index in [0.717, 1.165) is 13.2 Å². The lowest BCUT2D eigenvalue weighted by atomic mass is 9.89. The molecule has 2 aliphatic rings. The van der Waals surface area contributed by atoms with Crippen molar-refractivity contribution >= 4 is 0 Å². The zero-order valence-corrected chi connectivity index (χ0v) is 12.7. The summed E-state index contributed by atoms with van der Waals surface area (Å²) in [5, 5.41) is 3.66. The summed E-state index contributed by atoms with van der Waals surface area (Å²) in [5.74, 6) is 1.24. The Hall–Kier alpha value is -0.600. The van der Waals surface area contributed by atoms with Crippen LogP contribution in [-0.2, 0) is 4.74 Å². The zero-order chi connectivity index (χ0) is 13.7. The fraction of sp³-hybridized carbons (Fsp3) is 0.765. The molecule has 1 aliphatic heterocycles. The van der Waals surface area contributed by atoms with Gasteiger partial charge in [0, 0.05) is 12.6 Å². The van der Waals surface area contributed by atoms with E-state index < -0.39 is 0 Å². The molecule has 0 bridgehead atoms. The largest absolute Gasteiger partial charge is 0.372 e. The summed E-state index contributed by atoms with van der Waals surface area (Å²) in [5.41, 5.74) is 1.39. The van der Waals surface area contributed by atoms with Gasteiger partial charge in [-0.3, -0.25) is 0 Å². The molecule has 1 heterocycles. The number of nitrogens with one attached hydrogen (secondary N) is 1. The highest BCUT2D eigenvalue weighted by Crippen LogP contribution is 2.25. The van der Waals surface area contributed by atoms with Gasteiger partial charge in [0.15, 0.2) is 0 Å². The van der Waals surface area contributed by atoms with Gasteiger partial charge in [0.2, 0.25) is 0 Å². The van der Waals surface area contributed by atoms with E-state index in [1.54, 1.807) is 0 Å². The van der Waals surface area contributed by atoms with Crippen molar-refractivity contribution in [1.82, 2.24) is 5.32 Å². The lowest BCUT2D eigenvalue weighted by Crippen LogP contribution is -2.45. The SMILES string of the molecule is CC(C)COC(C1=C[C@H](C)CC=C1)C1CCCCN1. The molecule has 0 amide bonds. The van der Waals surface area contributed by atoms with Gasteiger partial charge in [-0.2, -0.15) is 0 Å². The highest BCUT2D eigenvalue weighted by atomic mass is 16.5. The topological polar surface area (TPSA) is 21.3 Å². The fourth-order valence-corrected chi connectivity index (χ4v) is 2.94. The molecular formula is C17H29NO. The van der Waals surface area contributed by atoms with Crippen molar-refractivity contribution in [1.29, 1.82) is 0 Å². The van der Waals surface area contributed by atoms with Crippen LogP contribution in [0.5, 0.6) is 0 Å². The maximum atomic E-state index is 6.25. The van der Waals surface area contributed by atoms with Crippen LogP contribution in [0.1, 0.15) is 46.5 Å². The minimum atomic E-state index is 0.238. The highest BCUT2D eigenvalue weighted by Gasteiger charge is 2.27. The molecule has 0 saturated carbocycles. The Bertz CT molecular complexity index is 326. The average molecular weight is 263 g/mol. The van der Waals surface area contributed by atoms with Gasteiger partial charge in [-0.15, -0.1) is 0 Å². The fourth-order valence-electron chi connectivity index (χ4n) is 2.94. The van der Waals surface area contributed by atoms with Gasteiger partial charge in [0.05, 0.1) is 6.10 Å². The normalized spacial score (nSPS) is 29.4. The first kappa shape index (κ1) is 14.8. The Balaban J connectivity index is 2.06. The molecule has 2 heteroatoms. The number of hydrogen-bond donors (Lipinski definition) is 1. The lowest BCUT2D eigenvalue weighted by molar-refractivity contribution is 0.0294. The van der Waals surface area contributed by atoms with E-state index >= 15 is 0 Å². The third kappa shape index (κ3) is 4.47. The zero-order valence-electron chi connectivity index (χ0n) is 12.7. The number of ether oxygens (including phenoxy) is 1. The van der Waals surface area contributed by atoms with Gasteiger partial charge in [-0.1, -0.05) is 45.4 Å². The number of rotatable bonds is 5. The smallest absolute Gasteiger partial charge is 0.0974 e. The van der Waals surface area contributed by atoms with Crippen LogP contribution in [0.2, 0.25) is 0 Å². The number of allylic oxidation sites excluding steroid dienone is 2. The second-order valence-corrected chi connectivity index (χ2v) is 6.49. The monoisotopic (exact) mass is 263 g/mol. The quantitative estimate of drug-likeness (QED) is 0.817. The summed E-state index contributed by atoms with van der Waals surface area (Å²) >= 11 is 0. The first-order valence-electron chi connectivity index (χ1n) is 7.90. The first-order chi connectivity index (χ1) is 9.16. The Morgan fingerprint density at radius 2 is 2.21 bits per heavy atom. The minimum absolute atomic E-state index is 0.238. The van der Waals surface area contributed by atoms with Crippen molar-refractivity contribution in [2.75, 3.05) is 13.2 Å². The van der Waals surface area contributed by atoms with Crippen LogP contribution in [0.4, 0.5) is 0 Å². The van der Waals surface area contributed by atoms with Crippen molar-refractivity contribution in [3.8, 4) is 0 Å². The molecule has 0 spiro atoms. The minimum Gasteiger partial charge on any atom is -0.372 e. The van der Waals surface area contributed by atoms with Gasteiger partial charge in [0.1, 0.15) is 0 Å². The molecule has 0 aromatic heterocycles. The lowest BCUT2D eigenvalue weighted by Gasteiger charge is -2.33. The van der Waals surface area contributed by atoms with E-state index in [1.807, 2.05) is 0 Å². The Kier molecular flexibility index (Phi) is 5.65. The number of piperidine rings is 1. The molecule has 2 nitrogen and oxygen atoms in total. The molecule has 0 aromatic rings. The standard InChI is InChI=1S/C17H29NO/c1-13(2)12-19-17(16-9-4-5-10-18-16)15-8-6-7-14(3)11-15/h6,8,11,13-14,16-18H,4-5,7,9-10,12H2,1-3H3/t14-,16?,17?/m1/s1. The van der Waals surface area contributed by atoms with Gasteiger partial charge in [0.25, 0.3) is 0 Å². The van der Waals surface area contributed by atoms with Crippen molar-refractivity contribution in [2.24, 2.45) is 11.8 Å². The molecular weight excluding hydrogens is 234 g/mol. The molecule has 3 atom stereocenters. The Labute approximate surface area is 118 Å². The third-order valence-electron chi connectivity index (χ3n) is 3.95. The van der Waals surface area contributed by atoms with Crippen LogP contribution in [0.25, 0.3) is 0 Å². The van der Waals surface area contributed by atoms with Crippen LogP contribution >= 0.6 is 0 Å². The van der Waals surface area contributed by atoms with E-state index in [4.69, 9.17) is 4.74 Å². The van der Waals surface area contributed by atoms with Crippen molar-refractivity contribution in [3.63, 3.8) is 0 Å². The summed E-state index contributed by atoms with van der Waals surface area (Å²) in [4.78, 5) is 0. The summed E-state index contributed by atoms with van der Waals surface area (Å²) in [6.45, 7) is 8.72. The van der Waals surface area contributed by atoms with Gasteiger partial charge in [-0.25, -0.2) is 0 Å². The van der Waals surface area contributed by atoms with Crippen LogP contribution in [0, 0.1) is 11.8 Å². The van der Waals surface area contributed by atoms with E-state index in [2.05, 4.69) is 44.3 Å². The van der Waals surface area contributed by atoms with Gasteiger partial charge in [-0.05, 0) is 43.2 Å². The van der Waals surface area contributed by atoms with E-state index in [9.17, 15) is 0 Å². The Morgan fingerprint density at radius 3 is 2.84 bits per heavy atom. The van der Waals surface area contributed by atoms with Gasteiger partial charge >= 0.3 is 0 Å². The van der Waals surface area contributed by atoms with Crippen LogP contribution in [-0.4, -0.2) is 25.3 Å². The molecule has 2 unspecified atom stereocenters. The molecule has 1 aliphatic carbocycles. The van der Waals surface area contributed by atoms with Crippen LogP contribution in [0.3, 0.4) is 0 Å². The van der Waals surface area contributed by atoms with Crippen molar-refractivity contribution in [3.05, 3.63) is 23.8 Å². The summed E-state index contributed by atoms with van der Waals surface area (Å²) < 4.78 is 6.25. The maximum absolute atomic E-state index is 6.25. The predicted octanol–water partition coefficient (Wildman–Crippen LogP) is 3.69. The summed E-state index contributed by atoms with van der Waals surface area (Å²) in [7, 11) is 0. The molecule has 0 aromatic carbocycles. The molecule has 1 saturated heterocycles. The molecule has 2 rings (SSSR count). The predicted molar refractivity (Wildman–Crippen MR) is 81.2 cm³/mol. The highest BCUT2D eigenvalue weighted by molar-refractivity contribution is 5.29. The number of hydrogen-bond acceptors (Lipinski definition) is 2.